The first-order valence-corrected chi connectivity index (χ1v) is 8.47. The van der Waals surface area contributed by atoms with Crippen LogP contribution in [0.1, 0.15) is 21.5 Å². The third-order valence-corrected chi connectivity index (χ3v) is 4.16. The van der Waals surface area contributed by atoms with Gasteiger partial charge in [-0.3, -0.25) is 4.79 Å². The fourth-order valence-corrected chi connectivity index (χ4v) is 3.00. The highest BCUT2D eigenvalue weighted by Crippen LogP contribution is 2.42. The van der Waals surface area contributed by atoms with E-state index in [-0.39, 0.29) is 22.9 Å². The Balaban J connectivity index is 2.84. The maximum atomic E-state index is 13.1. The lowest BCUT2D eigenvalue weighted by Crippen LogP contribution is -2.15. The molecule has 0 spiro atoms. The molecule has 28 heavy (non-hydrogen) atoms. The Morgan fingerprint density at radius 3 is 1.96 bits per heavy atom. The van der Waals surface area contributed by atoms with Gasteiger partial charge in [0, 0.05) is 16.2 Å². The molecule has 0 unspecified atom stereocenters. The third kappa shape index (κ3) is 5.07. The quantitative estimate of drug-likeness (QED) is 0.341. The van der Waals surface area contributed by atoms with Gasteiger partial charge in [-0.25, -0.2) is 0 Å². The van der Waals surface area contributed by atoms with Crippen LogP contribution in [0.3, 0.4) is 0 Å². The summed E-state index contributed by atoms with van der Waals surface area (Å²) in [5, 5.41) is 0. The molecular weight excluding hydrogens is 507 g/mol. The highest BCUT2D eigenvalue weighted by molar-refractivity contribution is 14.1. The van der Waals surface area contributed by atoms with Crippen LogP contribution in [0.2, 0.25) is 0 Å². The average Bonchev–Trinajstić information content (AvgIpc) is 2.58. The lowest BCUT2D eigenvalue weighted by molar-refractivity contribution is -0.143. The van der Waals surface area contributed by atoms with Crippen LogP contribution in [0.25, 0.3) is 11.1 Å². The van der Waals surface area contributed by atoms with Crippen LogP contribution in [0, 0.1) is 3.57 Å². The number of methoxy groups -OCH3 is 1. The lowest BCUT2D eigenvalue weighted by atomic mass is 9.96. The first-order chi connectivity index (χ1) is 12.8. The molecule has 0 atom stereocenters. The summed E-state index contributed by atoms with van der Waals surface area (Å²) < 4.78 is 89.2. The molecule has 2 N–H and O–H groups in total. The summed E-state index contributed by atoms with van der Waals surface area (Å²) in [4.78, 5) is 11.7. The maximum absolute atomic E-state index is 13.1. The van der Waals surface area contributed by atoms with E-state index in [1.54, 1.807) is 22.6 Å². The van der Waals surface area contributed by atoms with Crippen molar-refractivity contribution in [1.82, 2.24) is 0 Å². The Hall–Kier alpha value is -2.02. The zero-order valence-electron chi connectivity index (χ0n) is 14.0. The van der Waals surface area contributed by atoms with Gasteiger partial charge in [0.25, 0.3) is 5.91 Å². The Morgan fingerprint density at radius 2 is 1.54 bits per heavy atom. The molecule has 0 aliphatic carbocycles. The van der Waals surface area contributed by atoms with Crippen LogP contribution in [0.15, 0.2) is 30.3 Å². The minimum absolute atomic E-state index is 0.0160. The largest absolute Gasteiger partial charge is 0.466 e. The van der Waals surface area contributed by atoms with E-state index in [9.17, 15) is 31.1 Å². The topological polar surface area (TPSA) is 61.6 Å². The van der Waals surface area contributed by atoms with Crippen molar-refractivity contribution in [2.45, 2.75) is 12.4 Å². The summed E-state index contributed by atoms with van der Waals surface area (Å²) in [5.74, 6) is -1.24. The van der Waals surface area contributed by atoms with E-state index in [0.29, 0.717) is 15.7 Å². The third-order valence-electron chi connectivity index (χ3n) is 3.54. The van der Waals surface area contributed by atoms with Gasteiger partial charge >= 0.3 is 12.4 Å². The second kappa shape index (κ2) is 8.15. The van der Waals surface area contributed by atoms with Gasteiger partial charge in [0.1, 0.15) is 5.75 Å². The second-order valence-electron chi connectivity index (χ2n) is 5.54. The van der Waals surface area contributed by atoms with Gasteiger partial charge in [0.2, 0.25) is 0 Å². The van der Waals surface area contributed by atoms with Crippen LogP contribution >= 0.6 is 22.6 Å². The molecule has 2 aromatic carbocycles. The van der Waals surface area contributed by atoms with Crippen LogP contribution in [-0.4, -0.2) is 19.8 Å². The molecule has 0 radical (unpaired) electrons. The maximum Gasteiger partial charge on any atom is 0.416 e. The fraction of sp³-hybridized carbons (Fsp3) is 0.235. The van der Waals surface area contributed by atoms with Crippen molar-refractivity contribution in [3.05, 3.63) is 50.6 Å². The van der Waals surface area contributed by atoms with E-state index in [0.717, 1.165) is 0 Å². The van der Waals surface area contributed by atoms with E-state index in [1.165, 1.54) is 19.2 Å². The minimum Gasteiger partial charge on any atom is -0.466 e. The minimum atomic E-state index is -5.02. The van der Waals surface area contributed by atoms with Crippen LogP contribution in [0.5, 0.6) is 5.75 Å². The highest BCUT2D eigenvalue weighted by Gasteiger charge is 2.37. The predicted molar refractivity (Wildman–Crippen MR) is 95.6 cm³/mol. The van der Waals surface area contributed by atoms with Gasteiger partial charge in [-0.2, -0.15) is 26.3 Å². The molecule has 0 aliphatic heterocycles. The number of primary amides is 1. The Kier molecular flexibility index (Phi) is 6.48. The van der Waals surface area contributed by atoms with Crippen LogP contribution in [-0.2, 0) is 17.1 Å². The molecule has 4 nitrogen and oxygen atoms in total. The summed E-state index contributed by atoms with van der Waals surface area (Å²) in [5.41, 5.74) is 1.50. The summed E-state index contributed by atoms with van der Waals surface area (Å²) >= 11 is 1.76. The molecule has 0 aromatic heterocycles. The molecule has 0 fully saturated rings. The normalized spacial score (nSPS) is 12.1. The molecule has 0 aliphatic rings. The van der Waals surface area contributed by atoms with Crippen LogP contribution in [0.4, 0.5) is 26.3 Å². The number of hydrogen-bond donors (Lipinski definition) is 1. The molecule has 1 amide bonds. The SMILES string of the molecule is COCOc1c(C(N)=O)cc(I)cc1-c1cc(C(F)(F)F)cc(C(F)(F)F)c1. The zero-order valence-corrected chi connectivity index (χ0v) is 16.2. The first kappa shape index (κ1) is 22.3. The van der Waals surface area contributed by atoms with Crippen molar-refractivity contribution >= 4 is 28.5 Å². The monoisotopic (exact) mass is 519 g/mol. The first-order valence-electron chi connectivity index (χ1n) is 7.39. The number of halogens is 7. The molecule has 0 saturated heterocycles. The number of hydrogen-bond acceptors (Lipinski definition) is 3. The Bertz CT molecular complexity index is 863. The molecule has 0 saturated carbocycles. The zero-order chi connectivity index (χ0) is 21.3. The number of carbonyl (C=O) groups is 1. The Labute approximate surface area is 168 Å². The molecule has 2 aromatic rings. The number of benzene rings is 2. The number of carbonyl (C=O) groups excluding carboxylic acids is 1. The van der Waals surface area contributed by atoms with E-state index in [1.807, 2.05) is 0 Å². The standard InChI is InChI=1S/C17H12F6INO3/c1-27-7-28-14-12(5-11(24)6-13(14)15(25)26)8-2-9(16(18,19)20)4-10(3-8)17(21,22)23/h2-6H,7H2,1H3,(H2,25,26). The van der Waals surface area contributed by atoms with Crippen LogP contribution < -0.4 is 10.5 Å². The van der Waals surface area contributed by atoms with Crippen molar-refractivity contribution < 1.29 is 40.6 Å². The number of amides is 1. The number of nitrogens with two attached hydrogens (primary N) is 1. The molecule has 11 heteroatoms. The number of alkyl halides is 6. The van der Waals surface area contributed by atoms with Crippen molar-refractivity contribution in [3.63, 3.8) is 0 Å². The lowest BCUT2D eigenvalue weighted by Gasteiger charge is -2.18. The fourth-order valence-electron chi connectivity index (χ4n) is 2.37. The highest BCUT2D eigenvalue weighted by atomic mass is 127. The Morgan fingerprint density at radius 1 is 1.00 bits per heavy atom. The van der Waals surface area contributed by atoms with E-state index in [2.05, 4.69) is 0 Å². The second-order valence-corrected chi connectivity index (χ2v) is 6.79. The predicted octanol–water partition coefficient (Wildman–Crippen LogP) is 5.08. The summed E-state index contributed by atoms with van der Waals surface area (Å²) in [7, 11) is 1.25. The summed E-state index contributed by atoms with van der Waals surface area (Å²) in [6, 6.07) is 3.70. The summed E-state index contributed by atoms with van der Waals surface area (Å²) in [6.07, 6.45) is -10.0. The molecule has 2 rings (SSSR count). The van der Waals surface area contributed by atoms with Gasteiger partial charge in [-0.05, 0) is 58.5 Å². The van der Waals surface area contributed by atoms with Crippen molar-refractivity contribution in [3.8, 4) is 16.9 Å². The van der Waals surface area contributed by atoms with Gasteiger partial charge in [0.05, 0.1) is 16.7 Å². The van der Waals surface area contributed by atoms with Crippen molar-refractivity contribution in [1.29, 1.82) is 0 Å². The van der Waals surface area contributed by atoms with Crippen molar-refractivity contribution in [2.75, 3.05) is 13.9 Å². The average molecular weight is 519 g/mol. The summed E-state index contributed by atoms with van der Waals surface area (Å²) in [6.45, 7) is -0.404. The van der Waals surface area contributed by atoms with Crippen molar-refractivity contribution in [2.24, 2.45) is 5.73 Å². The molecule has 0 bridgehead atoms. The van der Waals surface area contributed by atoms with Gasteiger partial charge in [-0.1, -0.05) is 0 Å². The smallest absolute Gasteiger partial charge is 0.416 e. The van der Waals surface area contributed by atoms with E-state index in [4.69, 9.17) is 15.2 Å². The molecule has 152 valence electrons. The molecule has 0 heterocycles. The number of ether oxygens (including phenoxy) is 2. The van der Waals surface area contributed by atoms with E-state index >= 15 is 0 Å². The van der Waals surface area contributed by atoms with Gasteiger partial charge < -0.3 is 15.2 Å². The molecular formula is C17H12F6INO3. The number of rotatable bonds is 5. The van der Waals surface area contributed by atoms with E-state index < -0.39 is 41.7 Å². The van der Waals surface area contributed by atoms with Gasteiger partial charge in [0.15, 0.2) is 6.79 Å². The van der Waals surface area contributed by atoms with Gasteiger partial charge in [-0.15, -0.1) is 0 Å².